The van der Waals surface area contributed by atoms with Crippen molar-refractivity contribution in [2.24, 2.45) is 0 Å². The molecule has 0 bridgehead atoms. The third-order valence-electron chi connectivity index (χ3n) is 2.42. The molecule has 0 aliphatic carbocycles. The van der Waals surface area contributed by atoms with Gasteiger partial charge in [0.2, 0.25) is 0 Å². The van der Waals surface area contributed by atoms with Crippen molar-refractivity contribution in [1.29, 1.82) is 0 Å². The van der Waals surface area contributed by atoms with E-state index in [-0.39, 0.29) is 17.1 Å². The van der Waals surface area contributed by atoms with Gasteiger partial charge in [-0.1, -0.05) is 12.1 Å². The molecule has 0 spiro atoms. The second kappa shape index (κ2) is 4.17. The van der Waals surface area contributed by atoms with Crippen LogP contribution in [0, 0.1) is 0 Å². The molecule has 3 N–H and O–H groups in total. The highest BCUT2D eigenvalue weighted by Crippen LogP contribution is 2.30. The Morgan fingerprint density at radius 1 is 0.941 bits per heavy atom. The summed E-state index contributed by atoms with van der Waals surface area (Å²) in [5.74, 6) is -0.937. The van der Waals surface area contributed by atoms with Crippen LogP contribution in [0.15, 0.2) is 42.5 Å². The van der Waals surface area contributed by atoms with E-state index in [2.05, 4.69) is 0 Å². The molecule has 4 nitrogen and oxygen atoms in total. The molecule has 0 saturated carbocycles. The lowest BCUT2D eigenvalue weighted by atomic mass is 10.0. The number of carbonyl (C=O) groups is 1. The van der Waals surface area contributed by atoms with Crippen molar-refractivity contribution in [2.45, 2.75) is 0 Å². The van der Waals surface area contributed by atoms with Gasteiger partial charge in [-0.2, -0.15) is 0 Å². The molecule has 0 heterocycles. The summed E-state index contributed by atoms with van der Waals surface area (Å²) in [5.41, 5.74) is 1.17. The first-order valence-electron chi connectivity index (χ1n) is 4.93. The smallest absolute Gasteiger partial charge is 0.335 e. The van der Waals surface area contributed by atoms with Crippen LogP contribution in [0.5, 0.6) is 11.5 Å². The van der Waals surface area contributed by atoms with E-state index in [9.17, 15) is 9.90 Å². The van der Waals surface area contributed by atoms with Crippen molar-refractivity contribution in [3.8, 4) is 22.6 Å². The molecular formula is C13H10O4. The van der Waals surface area contributed by atoms with Gasteiger partial charge in [-0.15, -0.1) is 0 Å². The Kier molecular flexibility index (Phi) is 2.70. The van der Waals surface area contributed by atoms with Gasteiger partial charge in [-0.05, 0) is 35.9 Å². The van der Waals surface area contributed by atoms with E-state index in [1.54, 1.807) is 12.1 Å². The fraction of sp³-hybridized carbons (Fsp3) is 0. The number of aromatic hydroxyl groups is 2. The zero-order valence-corrected chi connectivity index (χ0v) is 8.79. The maximum atomic E-state index is 10.8. The number of benzene rings is 2. The van der Waals surface area contributed by atoms with Gasteiger partial charge in [0.25, 0.3) is 0 Å². The van der Waals surface area contributed by atoms with Crippen molar-refractivity contribution in [3.05, 3.63) is 48.0 Å². The van der Waals surface area contributed by atoms with Gasteiger partial charge in [0, 0.05) is 5.56 Å². The Morgan fingerprint density at radius 2 is 1.59 bits per heavy atom. The number of carboxylic acids is 1. The number of aromatic carboxylic acids is 1. The lowest BCUT2D eigenvalue weighted by Gasteiger charge is -2.06. The Bertz CT molecular complexity index is 558. The zero-order chi connectivity index (χ0) is 12.4. The van der Waals surface area contributed by atoms with Crippen molar-refractivity contribution in [3.63, 3.8) is 0 Å². The van der Waals surface area contributed by atoms with E-state index in [1.165, 1.54) is 30.3 Å². The summed E-state index contributed by atoms with van der Waals surface area (Å²) in [7, 11) is 0. The maximum Gasteiger partial charge on any atom is 0.335 e. The lowest BCUT2D eigenvalue weighted by Crippen LogP contribution is -1.96. The summed E-state index contributed by atoms with van der Waals surface area (Å²) in [4.78, 5) is 10.8. The molecular weight excluding hydrogens is 220 g/mol. The Morgan fingerprint density at radius 3 is 2.18 bits per heavy atom. The molecule has 4 heteroatoms. The van der Waals surface area contributed by atoms with Crippen LogP contribution in [0.25, 0.3) is 11.1 Å². The quantitative estimate of drug-likeness (QED) is 0.740. The highest BCUT2D eigenvalue weighted by Gasteiger charge is 2.09. The molecule has 0 fully saturated rings. The number of phenolic OH excluding ortho intramolecular Hbond substituents is 2. The van der Waals surface area contributed by atoms with Crippen molar-refractivity contribution in [1.82, 2.24) is 0 Å². The van der Waals surface area contributed by atoms with Crippen LogP contribution in [0.4, 0.5) is 0 Å². The highest BCUT2D eigenvalue weighted by molar-refractivity contribution is 5.90. The monoisotopic (exact) mass is 230 g/mol. The van der Waals surface area contributed by atoms with E-state index < -0.39 is 5.97 Å². The minimum absolute atomic E-state index is 0.000639. The van der Waals surface area contributed by atoms with Crippen LogP contribution in [0.3, 0.4) is 0 Å². The molecule has 0 aliphatic rings. The fourth-order valence-corrected chi connectivity index (χ4v) is 1.54. The van der Waals surface area contributed by atoms with E-state index in [1.807, 2.05) is 0 Å². The number of hydrogen-bond donors (Lipinski definition) is 3. The predicted octanol–water partition coefficient (Wildman–Crippen LogP) is 2.46. The summed E-state index contributed by atoms with van der Waals surface area (Å²) >= 11 is 0. The number of hydrogen-bond acceptors (Lipinski definition) is 3. The van der Waals surface area contributed by atoms with Gasteiger partial charge in [-0.3, -0.25) is 0 Å². The third-order valence-corrected chi connectivity index (χ3v) is 2.42. The summed E-state index contributed by atoms with van der Waals surface area (Å²) < 4.78 is 0. The Balaban J connectivity index is 2.54. The second-order valence-corrected chi connectivity index (χ2v) is 3.58. The predicted molar refractivity (Wildman–Crippen MR) is 62.2 cm³/mol. The first-order chi connectivity index (χ1) is 8.08. The summed E-state index contributed by atoms with van der Waals surface area (Å²) in [6.45, 7) is 0. The summed E-state index contributed by atoms with van der Waals surface area (Å²) in [6.07, 6.45) is 0. The number of carboxylic acid groups (broad SMARTS) is 1. The molecule has 0 radical (unpaired) electrons. The highest BCUT2D eigenvalue weighted by atomic mass is 16.4. The van der Waals surface area contributed by atoms with Gasteiger partial charge >= 0.3 is 5.97 Å². The molecule has 0 aromatic heterocycles. The van der Waals surface area contributed by atoms with Crippen LogP contribution in [-0.2, 0) is 0 Å². The number of rotatable bonds is 2. The van der Waals surface area contributed by atoms with Crippen molar-refractivity contribution < 1.29 is 20.1 Å². The van der Waals surface area contributed by atoms with E-state index >= 15 is 0 Å². The SMILES string of the molecule is O=C(O)c1ccc(O)c(-c2ccc(O)cc2)c1. The van der Waals surface area contributed by atoms with Gasteiger partial charge < -0.3 is 15.3 Å². The molecule has 17 heavy (non-hydrogen) atoms. The van der Waals surface area contributed by atoms with Crippen molar-refractivity contribution >= 4 is 5.97 Å². The van der Waals surface area contributed by atoms with E-state index in [0.29, 0.717) is 11.1 Å². The number of phenols is 2. The van der Waals surface area contributed by atoms with Gasteiger partial charge in [-0.25, -0.2) is 4.79 Å². The average Bonchev–Trinajstić information content (AvgIpc) is 2.31. The minimum atomic E-state index is -1.05. The molecule has 0 saturated heterocycles. The van der Waals surface area contributed by atoms with E-state index in [4.69, 9.17) is 10.2 Å². The summed E-state index contributed by atoms with van der Waals surface area (Å²) in [5, 5.41) is 27.7. The van der Waals surface area contributed by atoms with Crippen LogP contribution < -0.4 is 0 Å². The topological polar surface area (TPSA) is 77.8 Å². The third kappa shape index (κ3) is 2.20. The Hall–Kier alpha value is -2.49. The summed E-state index contributed by atoms with van der Waals surface area (Å²) in [6, 6.07) is 10.2. The molecule has 2 aromatic rings. The van der Waals surface area contributed by atoms with Gasteiger partial charge in [0.1, 0.15) is 11.5 Å². The maximum absolute atomic E-state index is 10.8. The second-order valence-electron chi connectivity index (χ2n) is 3.58. The standard InChI is InChI=1S/C13H10O4/c14-10-4-1-8(2-5-10)11-7-9(13(16)17)3-6-12(11)15/h1-7,14-15H,(H,16,17). The molecule has 0 unspecified atom stereocenters. The van der Waals surface area contributed by atoms with Gasteiger partial charge in [0.15, 0.2) is 0 Å². The Labute approximate surface area is 97.4 Å². The van der Waals surface area contributed by atoms with Crippen molar-refractivity contribution in [2.75, 3.05) is 0 Å². The minimum Gasteiger partial charge on any atom is -0.508 e. The molecule has 0 aliphatic heterocycles. The first-order valence-corrected chi connectivity index (χ1v) is 4.93. The molecule has 86 valence electrons. The fourth-order valence-electron chi connectivity index (χ4n) is 1.54. The lowest BCUT2D eigenvalue weighted by molar-refractivity contribution is 0.0697. The molecule has 2 rings (SSSR count). The molecule has 0 atom stereocenters. The van der Waals surface area contributed by atoms with Crippen LogP contribution >= 0.6 is 0 Å². The molecule has 2 aromatic carbocycles. The average molecular weight is 230 g/mol. The zero-order valence-electron chi connectivity index (χ0n) is 8.79. The van der Waals surface area contributed by atoms with Gasteiger partial charge in [0.05, 0.1) is 5.56 Å². The van der Waals surface area contributed by atoms with Crippen LogP contribution in [0.2, 0.25) is 0 Å². The normalized spacial score (nSPS) is 10.1. The largest absolute Gasteiger partial charge is 0.508 e. The molecule has 0 amide bonds. The first kappa shape index (κ1) is 11.0. The van der Waals surface area contributed by atoms with E-state index in [0.717, 1.165) is 0 Å². The van der Waals surface area contributed by atoms with Crippen LogP contribution in [-0.4, -0.2) is 21.3 Å². The van der Waals surface area contributed by atoms with Crippen LogP contribution in [0.1, 0.15) is 10.4 Å².